The molecule has 0 bridgehead atoms. The van der Waals surface area contributed by atoms with Crippen molar-refractivity contribution in [2.75, 3.05) is 13.1 Å². The van der Waals surface area contributed by atoms with Gasteiger partial charge in [-0.3, -0.25) is 4.99 Å². The summed E-state index contributed by atoms with van der Waals surface area (Å²) >= 11 is 3.20. The molecule has 1 aromatic carbocycles. The van der Waals surface area contributed by atoms with Crippen LogP contribution in [0.25, 0.3) is 0 Å². The Morgan fingerprint density at radius 1 is 1.46 bits per heavy atom. The van der Waals surface area contributed by atoms with Gasteiger partial charge in [0.1, 0.15) is 11.7 Å². The van der Waals surface area contributed by atoms with Gasteiger partial charge < -0.3 is 5.32 Å². The number of aliphatic imine (C=N–C) groups is 1. The van der Waals surface area contributed by atoms with E-state index >= 15 is 0 Å². The van der Waals surface area contributed by atoms with Crippen LogP contribution in [-0.2, 0) is 0 Å². The van der Waals surface area contributed by atoms with E-state index in [9.17, 15) is 4.39 Å². The van der Waals surface area contributed by atoms with Crippen molar-refractivity contribution in [3.63, 3.8) is 0 Å². The molecule has 0 aromatic heterocycles. The zero-order valence-corrected chi connectivity index (χ0v) is 8.44. The molecule has 1 aliphatic heterocycles. The van der Waals surface area contributed by atoms with Crippen molar-refractivity contribution >= 4 is 21.8 Å². The van der Waals surface area contributed by atoms with Crippen molar-refractivity contribution in [1.29, 1.82) is 0 Å². The molecule has 4 heteroatoms. The van der Waals surface area contributed by atoms with E-state index in [2.05, 4.69) is 26.2 Å². The SMILES string of the molecule is Fc1cc(Br)ccc1C1=NCCN1. The molecule has 1 N–H and O–H groups in total. The first kappa shape index (κ1) is 8.69. The van der Waals surface area contributed by atoms with Crippen LogP contribution in [0.15, 0.2) is 27.7 Å². The Labute approximate surface area is 84.0 Å². The summed E-state index contributed by atoms with van der Waals surface area (Å²) in [7, 11) is 0. The highest BCUT2D eigenvalue weighted by atomic mass is 79.9. The number of benzene rings is 1. The summed E-state index contributed by atoms with van der Waals surface area (Å²) in [6.07, 6.45) is 0. The Hall–Kier alpha value is -0.900. The lowest BCUT2D eigenvalue weighted by Gasteiger charge is -2.03. The lowest BCUT2D eigenvalue weighted by atomic mass is 10.2. The summed E-state index contributed by atoms with van der Waals surface area (Å²) in [5, 5.41) is 3.03. The topological polar surface area (TPSA) is 24.4 Å². The second-order valence-electron chi connectivity index (χ2n) is 2.78. The number of hydrogen-bond donors (Lipinski definition) is 1. The van der Waals surface area contributed by atoms with Crippen LogP contribution in [0.5, 0.6) is 0 Å². The van der Waals surface area contributed by atoms with Gasteiger partial charge >= 0.3 is 0 Å². The van der Waals surface area contributed by atoms with E-state index in [1.807, 2.05) is 0 Å². The monoisotopic (exact) mass is 242 g/mol. The van der Waals surface area contributed by atoms with Crippen LogP contribution in [-0.4, -0.2) is 18.9 Å². The number of nitrogens with zero attached hydrogens (tertiary/aromatic N) is 1. The number of hydrogen-bond acceptors (Lipinski definition) is 2. The molecule has 0 aliphatic carbocycles. The number of halogens is 2. The van der Waals surface area contributed by atoms with Crippen molar-refractivity contribution < 1.29 is 4.39 Å². The van der Waals surface area contributed by atoms with Crippen molar-refractivity contribution in [1.82, 2.24) is 5.32 Å². The second-order valence-corrected chi connectivity index (χ2v) is 3.70. The van der Waals surface area contributed by atoms with Crippen LogP contribution in [0.2, 0.25) is 0 Å². The fourth-order valence-corrected chi connectivity index (χ4v) is 1.59. The molecule has 1 aliphatic rings. The van der Waals surface area contributed by atoms with Gasteiger partial charge in [0.2, 0.25) is 0 Å². The summed E-state index contributed by atoms with van der Waals surface area (Å²) < 4.78 is 14.1. The minimum Gasteiger partial charge on any atom is -0.368 e. The van der Waals surface area contributed by atoms with Crippen LogP contribution in [0, 0.1) is 5.82 Å². The van der Waals surface area contributed by atoms with Crippen LogP contribution >= 0.6 is 15.9 Å². The summed E-state index contributed by atoms with van der Waals surface area (Å²) in [6.45, 7) is 1.52. The van der Waals surface area contributed by atoms with Gasteiger partial charge in [-0.1, -0.05) is 15.9 Å². The average molecular weight is 243 g/mol. The van der Waals surface area contributed by atoms with E-state index in [1.165, 1.54) is 6.07 Å². The van der Waals surface area contributed by atoms with Crippen LogP contribution in [0.3, 0.4) is 0 Å². The Balaban J connectivity index is 2.40. The fourth-order valence-electron chi connectivity index (χ4n) is 1.26. The van der Waals surface area contributed by atoms with Gasteiger partial charge in [0.25, 0.3) is 0 Å². The van der Waals surface area contributed by atoms with Gasteiger partial charge in [-0.05, 0) is 18.2 Å². The van der Waals surface area contributed by atoms with Gasteiger partial charge in [0, 0.05) is 11.0 Å². The molecule has 0 fully saturated rings. The lowest BCUT2D eigenvalue weighted by Crippen LogP contribution is -2.20. The van der Waals surface area contributed by atoms with Gasteiger partial charge in [0.15, 0.2) is 0 Å². The predicted octanol–water partition coefficient (Wildman–Crippen LogP) is 1.94. The summed E-state index contributed by atoms with van der Waals surface area (Å²) in [6, 6.07) is 4.97. The van der Waals surface area contributed by atoms with Gasteiger partial charge in [-0.2, -0.15) is 0 Å². The Morgan fingerprint density at radius 2 is 2.31 bits per heavy atom. The number of amidine groups is 1. The summed E-state index contributed by atoms with van der Waals surface area (Å²) in [5.74, 6) is 0.410. The largest absolute Gasteiger partial charge is 0.368 e. The molecule has 0 saturated heterocycles. The van der Waals surface area contributed by atoms with E-state index in [-0.39, 0.29) is 5.82 Å². The van der Waals surface area contributed by atoms with Crippen LogP contribution in [0.1, 0.15) is 5.56 Å². The number of rotatable bonds is 1. The molecule has 0 atom stereocenters. The smallest absolute Gasteiger partial charge is 0.135 e. The highest BCUT2D eigenvalue weighted by Crippen LogP contribution is 2.16. The van der Waals surface area contributed by atoms with Crippen molar-refractivity contribution in [2.45, 2.75) is 0 Å². The van der Waals surface area contributed by atoms with Gasteiger partial charge in [-0.15, -0.1) is 0 Å². The molecular formula is C9H8BrFN2. The van der Waals surface area contributed by atoms with E-state index in [4.69, 9.17) is 0 Å². The maximum Gasteiger partial charge on any atom is 0.135 e. The third kappa shape index (κ3) is 1.72. The van der Waals surface area contributed by atoms with Crippen molar-refractivity contribution in [3.8, 4) is 0 Å². The molecule has 0 spiro atoms. The lowest BCUT2D eigenvalue weighted by molar-refractivity contribution is 0.623. The van der Waals surface area contributed by atoms with Crippen molar-refractivity contribution in [3.05, 3.63) is 34.1 Å². The molecule has 2 nitrogen and oxygen atoms in total. The van der Waals surface area contributed by atoms with E-state index in [0.29, 0.717) is 11.4 Å². The molecule has 0 radical (unpaired) electrons. The minimum atomic E-state index is -0.248. The first-order valence-corrected chi connectivity index (χ1v) is 4.80. The van der Waals surface area contributed by atoms with Crippen LogP contribution < -0.4 is 5.32 Å². The number of nitrogens with one attached hydrogen (secondary N) is 1. The quantitative estimate of drug-likeness (QED) is 0.800. The minimum absolute atomic E-state index is 0.248. The van der Waals surface area contributed by atoms with Gasteiger partial charge in [-0.25, -0.2) is 4.39 Å². The molecule has 0 unspecified atom stereocenters. The standard InChI is InChI=1S/C9H8BrFN2/c10-6-1-2-7(8(11)5-6)9-12-3-4-13-9/h1-2,5H,3-4H2,(H,12,13). The van der Waals surface area contributed by atoms with Crippen LogP contribution in [0.4, 0.5) is 4.39 Å². The molecular weight excluding hydrogens is 235 g/mol. The third-order valence-corrected chi connectivity index (χ3v) is 2.35. The van der Waals surface area contributed by atoms with E-state index in [0.717, 1.165) is 17.6 Å². The second kappa shape index (κ2) is 3.46. The first-order valence-electron chi connectivity index (χ1n) is 4.01. The first-order chi connectivity index (χ1) is 6.27. The van der Waals surface area contributed by atoms with Crippen molar-refractivity contribution in [2.24, 2.45) is 4.99 Å². The highest BCUT2D eigenvalue weighted by molar-refractivity contribution is 9.10. The molecule has 0 saturated carbocycles. The highest BCUT2D eigenvalue weighted by Gasteiger charge is 2.12. The van der Waals surface area contributed by atoms with E-state index < -0.39 is 0 Å². The molecule has 0 amide bonds. The Kier molecular flexibility index (Phi) is 2.31. The maximum absolute atomic E-state index is 13.4. The molecule has 1 aromatic rings. The molecule has 13 heavy (non-hydrogen) atoms. The summed E-state index contributed by atoms with van der Waals surface area (Å²) in [4.78, 5) is 4.15. The summed E-state index contributed by atoms with van der Waals surface area (Å²) in [5.41, 5.74) is 0.542. The average Bonchev–Trinajstić information content (AvgIpc) is 2.56. The molecule has 1 heterocycles. The normalized spacial score (nSPS) is 15.4. The zero-order chi connectivity index (χ0) is 9.26. The Morgan fingerprint density at radius 3 is 2.92 bits per heavy atom. The maximum atomic E-state index is 13.4. The zero-order valence-electron chi connectivity index (χ0n) is 6.85. The van der Waals surface area contributed by atoms with E-state index in [1.54, 1.807) is 12.1 Å². The third-order valence-electron chi connectivity index (χ3n) is 1.86. The van der Waals surface area contributed by atoms with Gasteiger partial charge in [0.05, 0.1) is 12.1 Å². The molecule has 68 valence electrons. The Bertz CT molecular complexity index is 363. The fraction of sp³-hybridized carbons (Fsp3) is 0.222. The molecule has 2 rings (SSSR count). The predicted molar refractivity (Wildman–Crippen MR) is 53.5 cm³/mol.